The van der Waals surface area contributed by atoms with Crippen molar-refractivity contribution >= 4 is 28.2 Å². The zero-order valence-electron chi connectivity index (χ0n) is 15.0. The van der Waals surface area contributed by atoms with E-state index in [4.69, 9.17) is 9.47 Å². The molecule has 0 saturated heterocycles. The van der Waals surface area contributed by atoms with Crippen LogP contribution in [0.5, 0.6) is 5.75 Å². The van der Waals surface area contributed by atoms with E-state index in [2.05, 4.69) is 18.8 Å². The molecule has 0 spiro atoms. The monoisotopic (exact) mass is 373 g/mol. The SMILES string of the molecule is C=CCOc1ccccc1C(=O)Nc1sc(CCC)cc1C(=O)OCC. The Labute approximate surface area is 157 Å². The van der Waals surface area contributed by atoms with Gasteiger partial charge in [0.15, 0.2) is 0 Å². The number of nitrogens with one attached hydrogen (secondary N) is 1. The van der Waals surface area contributed by atoms with Crippen molar-refractivity contribution < 1.29 is 19.1 Å². The Morgan fingerprint density at radius 1 is 1.23 bits per heavy atom. The molecule has 2 aromatic rings. The second kappa shape index (κ2) is 9.77. The Hall–Kier alpha value is -2.60. The summed E-state index contributed by atoms with van der Waals surface area (Å²) in [6.45, 7) is 8.01. The number of anilines is 1. The number of amides is 1. The van der Waals surface area contributed by atoms with Gasteiger partial charge in [-0.05, 0) is 31.5 Å². The van der Waals surface area contributed by atoms with Crippen LogP contribution in [0.4, 0.5) is 5.00 Å². The van der Waals surface area contributed by atoms with E-state index in [1.165, 1.54) is 11.3 Å². The molecule has 0 unspecified atom stereocenters. The standard InChI is InChI=1S/C20H23NO4S/c1-4-9-14-13-16(20(23)24-6-3)19(26-14)21-18(22)15-10-7-8-11-17(15)25-12-5-2/h5,7-8,10-11,13H,2,4,6,9,12H2,1,3H3,(H,21,22). The molecule has 0 aliphatic rings. The van der Waals surface area contributed by atoms with E-state index in [0.717, 1.165) is 17.7 Å². The van der Waals surface area contributed by atoms with Crippen molar-refractivity contribution in [1.82, 2.24) is 0 Å². The molecular formula is C20H23NO4S. The first-order valence-electron chi connectivity index (χ1n) is 8.54. The van der Waals surface area contributed by atoms with E-state index in [0.29, 0.717) is 28.5 Å². The highest BCUT2D eigenvalue weighted by molar-refractivity contribution is 7.16. The summed E-state index contributed by atoms with van der Waals surface area (Å²) >= 11 is 1.40. The quantitative estimate of drug-likeness (QED) is 0.511. The van der Waals surface area contributed by atoms with Crippen molar-refractivity contribution in [2.45, 2.75) is 26.7 Å². The molecule has 2 rings (SSSR count). The molecule has 1 heterocycles. The van der Waals surface area contributed by atoms with E-state index in [1.807, 2.05) is 0 Å². The molecule has 6 heteroatoms. The number of aryl methyl sites for hydroxylation is 1. The molecule has 26 heavy (non-hydrogen) atoms. The topological polar surface area (TPSA) is 64.6 Å². The third-order valence-electron chi connectivity index (χ3n) is 3.49. The molecule has 0 atom stereocenters. The average Bonchev–Trinajstić information content (AvgIpc) is 3.03. The number of hydrogen-bond donors (Lipinski definition) is 1. The number of thiophene rings is 1. The number of esters is 1. The van der Waals surface area contributed by atoms with Gasteiger partial charge in [0.25, 0.3) is 5.91 Å². The van der Waals surface area contributed by atoms with Crippen LogP contribution in [-0.2, 0) is 11.2 Å². The maximum atomic E-state index is 12.7. The van der Waals surface area contributed by atoms with Crippen LogP contribution in [0.25, 0.3) is 0 Å². The molecule has 1 aromatic carbocycles. The third kappa shape index (κ3) is 4.95. The van der Waals surface area contributed by atoms with E-state index in [1.54, 1.807) is 43.3 Å². The van der Waals surface area contributed by atoms with Crippen LogP contribution in [0.15, 0.2) is 43.0 Å². The summed E-state index contributed by atoms with van der Waals surface area (Å²) in [7, 11) is 0. The van der Waals surface area contributed by atoms with Crippen LogP contribution in [0, 0.1) is 0 Å². The first-order chi connectivity index (χ1) is 12.6. The van der Waals surface area contributed by atoms with Crippen molar-refractivity contribution in [2.75, 3.05) is 18.5 Å². The lowest BCUT2D eigenvalue weighted by atomic mass is 10.2. The summed E-state index contributed by atoms with van der Waals surface area (Å²) < 4.78 is 10.6. The molecule has 1 N–H and O–H groups in total. The molecule has 1 amide bonds. The van der Waals surface area contributed by atoms with Gasteiger partial charge in [-0.2, -0.15) is 0 Å². The molecule has 0 radical (unpaired) electrons. The summed E-state index contributed by atoms with van der Waals surface area (Å²) in [5.41, 5.74) is 0.785. The van der Waals surface area contributed by atoms with Crippen LogP contribution < -0.4 is 10.1 Å². The highest BCUT2D eigenvalue weighted by Gasteiger charge is 2.20. The van der Waals surface area contributed by atoms with Crippen molar-refractivity contribution in [3.05, 3.63) is 59.0 Å². The molecule has 0 fully saturated rings. The fourth-order valence-electron chi connectivity index (χ4n) is 2.36. The highest BCUT2D eigenvalue weighted by atomic mass is 32.1. The van der Waals surface area contributed by atoms with E-state index < -0.39 is 5.97 Å². The van der Waals surface area contributed by atoms with Crippen LogP contribution in [0.1, 0.15) is 45.9 Å². The molecule has 5 nitrogen and oxygen atoms in total. The highest BCUT2D eigenvalue weighted by Crippen LogP contribution is 2.31. The predicted molar refractivity (Wildman–Crippen MR) is 104 cm³/mol. The van der Waals surface area contributed by atoms with Crippen LogP contribution in [0.3, 0.4) is 0 Å². The van der Waals surface area contributed by atoms with Gasteiger partial charge in [-0.3, -0.25) is 4.79 Å². The Morgan fingerprint density at radius 3 is 2.69 bits per heavy atom. The van der Waals surface area contributed by atoms with Gasteiger partial charge in [0, 0.05) is 4.88 Å². The first kappa shape index (κ1) is 19.7. The summed E-state index contributed by atoms with van der Waals surface area (Å²) in [4.78, 5) is 26.0. The number of para-hydroxylation sites is 1. The third-order valence-corrected chi connectivity index (χ3v) is 4.60. The first-order valence-corrected chi connectivity index (χ1v) is 9.36. The van der Waals surface area contributed by atoms with E-state index in [9.17, 15) is 9.59 Å². The molecule has 0 aliphatic heterocycles. The molecule has 1 aromatic heterocycles. The number of hydrogen-bond acceptors (Lipinski definition) is 5. The summed E-state index contributed by atoms with van der Waals surface area (Å²) in [5, 5.41) is 3.33. The van der Waals surface area contributed by atoms with E-state index >= 15 is 0 Å². The van der Waals surface area contributed by atoms with Crippen molar-refractivity contribution in [2.24, 2.45) is 0 Å². The van der Waals surface area contributed by atoms with Gasteiger partial charge in [-0.1, -0.05) is 38.1 Å². The lowest BCUT2D eigenvalue weighted by Gasteiger charge is -2.10. The van der Waals surface area contributed by atoms with Crippen LogP contribution in [0.2, 0.25) is 0 Å². The molecule has 0 bridgehead atoms. The van der Waals surface area contributed by atoms with Gasteiger partial charge in [0.05, 0.1) is 17.7 Å². The van der Waals surface area contributed by atoms with Crippen molar-refractivity contribution in [3.8, 4) is 5.75 Å². The van der Waals surface area contributed by atoms with Gasteiger partial charge in [0.2, 0.25) is 0 Å². The minimum Gasteiger partial charge on any atom is -0.489 e. The lowest BCUT2D eigenvalue weighted by molar-refractivity contribution is 0.0528. The van der Waals surface area contributed by atoms with Crippen LogP contribution in [-0.4, -0.2) is 25.1 Å². The molecule has 0 saturated carbocycles. The maximum Gasteiger partial charge on any atom is 0.341 e. The smallest absolute Gasteiger partial charge is 0.341 e. The number of ether oxygens (including phenoxy) is 2. The van der Waals surface area contributed by atoms with Gasteiger partial charge in [0.1, 0.15) is 17.4 Å². The maximum absolute atomic E-state index is 12.7. The summed E-state index contributed by atoms with van der Waals surface area (Å²) in [6.07, 6.45) is 3.41. The Morgan fingerprint density at radius 2 is 2.00 bits per heavy atom. The van der Waals surface area contributed by atoms with Gasteiger partial charge in [-0.25, -0.2) is 4.79 Å². The zero-order valence-corrected chi connectivity index (χ0v) is 15.9. The normalized spacial score (nSPS) is 10.2. The minimum absolute atomic E-state index is 0.281. The molecule has 0 aliphatic carbocycles. The summed E-state index contributed by atoms with van der Waals surface area (Å²) in [6, 6.07) is 8.75. The lowest BCUT2D eigenvalue weighted by Crippen LogP contribution is -2.15. The zero-order chi connectivity index (χ0) is 18.9. The van der Waals surface area contributed by atoms with Gasteiger partial charge >= 0.3 is 5.97 Å². The number of carbonyl (C=O) groups is 2. The second-order valence-electron chi connectivity index (χ2n) is 5.48. The van der Waals surface area contributed by atoms with Gasteiger partial charge < -0.3 is 14.8 Å². The molecule has 138 valence electrons. The fraction of sp³-hybridized carbons (Fsp3) is 0.300. The van der Waals surface area contributed by atoms with Crippen molar-refractivity contribution in [1.29, 1.82) is 0 Å². The van der Waals surface area contributed by atoms with Crippen LogP contribution >= 0.6 is 11.3 Å². The Kier molecular flexibility index (Phi) is 7.41. The van der Waals surface area contributed by atoms with Gasteiger partial charge in [-0.15, -0.1) is 11.3 Å². The predicted octanol–water partition coefficient (Wildman–Crippen LogP) is 4.69. The number of benzene rings is 1. The Balaban J connectivity index is 2.28. The average molecular weight is 373 g/mol. The van der Waals surface area contributed by atoms with E-state index in [-0.39, 0.29) is 12.5 Å². The molecular weight excluding hydrogens is 350 g/mol. The van der Waals surface area contributed by atoms with Crippen molar-refractivity contribution in [3.63, 3.8) is 0 Å². The number of carbonyl (C=O) groups excluding carboxylic acids is 2. The largest absolute Gasteiger partial charge is 0.489 e. The summed E-state index contributed by atoms with van der Waals surface area (Å²) in [5.74, 6) is -0.300. The second-order valence-corrected chi connectivity index (χ2v) is 6.61. The Bertz CT molecular complexity index is 782. The fourth-order valence-corrected chi connectivity index (χ4v) is 3.51. The number of rotatable bonds is 9. The minimum atomic E-state index is -0.433.